The van der Waals surface area contributed by atoms with Gasteiger partial charge in [0.05, 0.1) is 6.10 Å². The lowest BCUT2D eigenvalue weighted by Crippen LogP contribution is -2.25. The summed E-state index contributed by atoms with van der Waals surface area (Å²) in [5.41, 5.74) is 0. The summed E-state index contributed by atoms with van der Waals surface area (Å²) in [6.45, 7) is 1.88. The summed E-state index contributed by atoms with van der Waals surface area (Å²) in [5, 5.41) is 9.66. The van der Waals surface area contributed by atoms with Crippen LogP contribution in [0.15, 0.2) is 0 Å². The van der Waals surface area contributed by atoms with Crippen LogP contribution in [0.4, 0.5) is 0 Å². The van der Waals surface area contributed by atoms with E-state index in [-0.39, 0.29) is 6.10 Å². The summed E-state index contributed by atoms with van der Waals surface area (Å²) >= 11 is 0. The molecule has 0 saturated heterocycles. The predicted molar refractivity (Wildman–Crippen MR) is 54.9 cm³/mol. The number of aliphatic hydroxyl groups is 1. The Morgan fingerprint density at radius 2 is 2.14 bits per heavy atom. The molecule has 2 aliphatic rings. The molecule has 2 saturated carbocycles. The molecule has 2 rings (SSSR count). The molecular weight excluding hydrogens is 176 g/mol. The lowest BCUT2D eigenvalue weighted by molar-refractivity contribution is -0.120. The van der Waals surface area contributed by atoms with Gasteiger partial charge in [-0.3, -0.25) is 4.79 Å². The van der Waals surface area contributed by atoms with E-state index in [1.165, 1.54) is 12.8 Å². The Balaban J connectivity index is 2.09. The maximum Gasteiger partial charge on any atom is 0.133 e. The Hall–Kier alpha value is -0.370. The molecule has 2 nitrogen and oxygen atoms in total. The fourth-order valence-corrected chi connectivity index (χ4v) is 3.39. The van der Waals surface area contributed by atoms with Crippen molar-refractivity contribution in [2.75, 3.05) is 0 Å². The number of ketones is 1. The lowest BCUT2D eigenvalue weighted by Gasteiger charge is -2.24. The Labute approximate surface area is 85.7 Å². The molecule has 2 aliphatic carbocycles. The molecule has 0 amide bonds. The number of Topliss-reactive ketones (excluding diaryl/α,β-unsaturated/α-hetero) is 1. The summed E-state index contributed by atoms with van der Waals surface area (Å²) in [5.74, 6) is 2.03. The smallest absolute Gasteiger partial charge is 0.133 e. The van der Waals surface area contributed by atoms with Crippen molar-refractivity contribution in [2.45, 2.75) is 51.6 Å². The summed E-state index contributed by atoms with van der Waals surface area (Å²) in [7, 11) is 0. The van der Waals surface area contributed by atoms with Gasteiger partial charge >= 0.3 is 0 Å². The molecule has 0 heterocycles. The van der Waals surface area contributed by atoms with Crippen molar-refractivity contribution in [3.05, 3.63) is 0 Å². The minimum Gasteiger partial charge on any atom is -0.393 e. The van der Waals surface area contributed by atoms with E-state index < -0.39 is 0 Å². The van der Waals surface area contributed by atoms with Crippen molar-refractivity contribution >= 4 is 5.78 Å². The number of fused-ring (bicyclic) bond motifs is 1. The molecule has 0 aromatic rings. The van der Waals surface area contributed by atoms with Crippen molar-refractivity contribution in [3.8, 4) is 0 Å². The number of rotatable bonds is 1. The Bertz CT molecular complexity index is 222. The standard InChI is InChI=1S/C12H20O2/c1-8(13)11-6-5-9-3-2-4-10(14)7-12(9)11/h8-9,11-13H,2-7H2,1H3. The molecule has 1 N–H and O–H groups in total. The van der Waals surface area contributed by atoms with E-state index in [2.05, 4.69) is 0 Å². The SMILES string of the molecule is CC(O)C1CCC2CCCC(=O)CC21. The summed E-state index contributed by atoms with van der Waals surface area (Å²) in [6.07, 6.45) is 5.93. The number of hydrogen-bond donors (Lipinski definition) is 1. The molecule has 0 aromatic heterocycles. The molecule has 2 fully saturated rings. The van der Waals surface area contributed by atoms with Crippen molar-refractivity contribution in [1.29, 1.82) is 0 Å². The van der Waals surface area contributed by atoms with E-state index in [0.717, 1.165) is 31.6 Å². The van der Waals surface area contributed by atoms with Crippen molar-refractivity contribution in [1.82, 2.24) is 0 Å². The van der Waals surface area contributed by atoms with Gasteiger partial charge in [-0.1, -0.05) is 0 Å². The Kier molecular flexibility index (Phi) is 2.91. The summed E-state index contributed by atoms with van der Waals surface area (Å²) in [6, 6.07) is 0. The van der Waals surface area contributed by atoms with Crippen molar-refractivity contribution in [2.24, 2.45) is 17.8 Å². The van der Waals surface area contributed by atoms with Gasteiger partial charge in [-0.05, 0) is 50.4 Å². The van der Waals surface area contributed by atoms with Crippen LogP contribution in [-0.4, -0.2) is 17.0 Å². The highest BCUT2D eigenvalue weighted by atomic mass is 16.3. The second kappa shape index (κ2) is 4.01. The third-order valence-electron chi connectivity index (χ3n) is 4.14. The van der Waals surface area contributed by atoms with Gasteiger partial charge in [0.15, 0.2) is 0 Å². The largest absolute Gasteiger partial charge is 0.393 e. The first-order valence-corrected chi connectivity index (χ1v) is 5.88. The highest BCUT2D eigenvalue weighted by Gasteiger charge is 2.40. The maximum absolute atomic E-state index is 11.5. The highest BCUT2D eigenvalue weighted by Crippen LogP contribution is 2.45. The molecule has 0 spiro atoms. The molecule has 4 atom stereocenters. The van der Waals surface area contributed by atoms with Gasteiger partial charge in [0.1, 0.15) is 5.78 Å². The van der Waals surface area contributed by atoms with E-state index in [4.69, 9.17) is 0 Å². The molecule has 2 heteroatoms. The summed E-state index contributed by atoms with van der Waals surface area (Å²) in [4.78, 5) is 11.5. The highest BCUT2D eigenvalue weighted by molar-refractivity contribution is 5.79. The van der Waals surface area contributed by atoms with E-state index in [1.807, 2.05) is 6.92 Å². The van der Waals surface area contributed by atoms with Crippen LogP contribution in [0.25, 0.3) is 0 Å². The zero-order valence-corrected chi connectivity index (χ0v) is 8.91. The molecule has 0 bridgehead atoms. The minimum absolute atomic E-state index is 0.226. The first kappa shape index (κ1) is 10.2. The van der Waals surface area contributed by atoms with E-state index in [1.54, 1.807) is 0 Å². The van der Waals surface area contributed by atoms with Crippen LogP contribution in [0.2, 0.25) is 0 Å². The average molecular weight is 196 g/mol. The quantitative estimate of drug-likeness (QED) is 0.697. The molecule has 80 valence electrons. The van der Waals surface area contributed by atoms with Crippen molar-refractivity contribution in [3.63, 3.8) is 0 Å². The van der Waals surface area contributed by atoms with Crippen molar-refractivity contribution < 1.29 is 9.90 Å². The monoisotopic (exact) mass is 196 g/mol. The molecule has 4 unspecified atom stereocenters. The number of hydrogen-bond acceptors (Lipinski definition) is 2. The number of carbonyl (C=O) groups excluding carboxylic acids is 1. The molecule has 14 heavy (non-hydrogen) atoms. The third kappa shape index (κ3) is 1.85. The van der Waals surface area contributed by atoms with E-state index in [9.17, 15) is 9.90 Å². The Morgan fingerprint density at radius 1 is 1.36 bits per heavy atom. The molecule has 0 aliphatic heterocycles. The fourth-order valence-electron chi connectivity index (χ4n) is 3.39. The minimum atomic E-state index is -0.226. The van der Waals surface area contributed by atoms with Gasteiger partial charge in [-0.15, -0.1) is 0 Å². The fraction of sp³-hybridized carbons (Fsp3) is 0.917. The van der Waals surface area contributed by atoms with E-state index >= 15 is 0 Å². The third-order valence-corrected chi connectivity index (χ3v) is 4.14. The summed E-state index contributed by atoms with van der Waals surface area (Å²) < 4.78 is 0. The van der Waals surface area contributed by atoms with Gasteiger partial charge in [0.2, 0.25) is 0 Å². The van der Waals surface area contributed by atoms with Gasteiger partial charge in [-0.25, -0.2) is 0 Å². The van der Waals surface area contributed by atoms with Crippen LogP contribution in [0.1, 0.15) is 45.4 Å². The molecular formula is C12H20O2. The molecule has 0 radical (unpaired) electrons. The van der Waals surface area contributed by atoms with Gasteiger partial charge in [0, 0.05) is 12.8 Å². The zero-order valence-electron chi connectivity index (χ0n) is 8.91. The van der Waals surface area contributed by atoms with Crippen LogP contribution >= 0.6 is 0 Å². The van der Waals surface area contributed by atoms with Crippen LogP contribution < -0.4 is 0 Å². The van der Waals surface area contributed by atoms with Crippen LogP contribution in [0.3, 0.4) is 0 Å². The lowest BCUT2D eigenvalue weighted by atomic mass is 9.83. The zero-order chi connectivity index (χ0) is 10.1. The van der Waals surface area contributed by atoms with E-state index in [0.29, 0.717) is 17.6 Å². The van der Waals surface area contributed by atoms with Gasteiger partial charge in [0.25, 0.3) is 0 Å². The topological polar surface area (TPSA) is 37.3 Å². The molecule has 0 aromatic carbocycles. The average Bonchev–Trinajstić information content (AvgIpc) is 2.41. The second-order valence-corrected chi connectivity index (χ2v) is 5.04. The van der Waals surface area contributed by atoms with Gasteiger partial charge < -0.3 is 5.11 Å². The predicted octanol–water partition coefficient (Wildman–Crippen LogP) is 2.15. The first-order chi connectivity index (χ1) is 6.68. The normalized spacial score (nSPS) is 40.4. The van der Waals surface area contributed by atoms with Crippen LogP contribution in [0, 0.1) is 17.8 Å². The first-order valence-electron chi connectivity index (χ1n) is 5.88. The van der Waals surface area contributed by atoms with Gasteiger partial charge in [-0.2, -0.15) is 0 Å². The second-order valence-electron chi connectivity index (χ2n) is 5.04. The number of aliphatic hydroxyl groups excluding tert-OH is 1. The van der Waals surface area contributed by atoms with Crippen LogP contribution in [-0.2, 0) is 4.79 Å². The maximum atomic E-state index is 11.5. The van der Waals surface area contributed by atoms with Crippen LogP contribution in [0.5, 0.6) is 0 Å². The number of carbonyl (C=O) groups is 1. The Morgan fingerprint density at radius 3 is 2.86 bits per heavy atom.